The molecule has 0 radical (unpaired) electrons. The van der Waals surface area contributed by atoms with E-state index in [1.54, 1.807) is 25.4 Å². The summed E-state index contributed by atoms with van der Waals surface area (Å²) in [6.07, 6.45) is 5.54. The van der Waals surface area contributed by atoms with Crippen molar-refractivity contribution >= 4 is 34.3 Å². The molecule has 1 aliphatic heterocycles. The van der Waals surface area contributed by atoms with E-state index in [4.69, 9.17) is 14.2 Å². The molecule has 2 saturated carbocycles. The second kappa shape index (κ2) is 11.1. The van der Waals surface area contributed by atoms with E-state index in [9.17, 15) is 18.4 Å². The van der Waals surface area contributed by atoms with Gasteiger partial charge in [0.25, 0.3) is 0 Å². The zero-order valence-corrected chi connectivity index (χ0v) is 26.8. The van der Waals surface area contributed by atoms with Gasteiger partial charge in [-0.15, -0.1) is 0 Å². The van der Waals surface area contributed by atoms with Crippen molar-refractivity contribution < 1.29 is 32.6 Å². The Labute approximate surface area is 262 Å². The first-order chi connectivity index (χ1) is 21.2. The molecule has 3 aromatic rings. The standard InChI is InChI=1S/C35H41F2N3O5/c1-21-15-29(43-5)26(24-11-13-40(30(21)24)32(42)45-33(2,3)4)18-39-14-12-34(19-35(36,37)20-34)17-28(39)25-10-7-22(31(41)44-6)16-27(25)38-23-8-9-23/h7,10-11,13,15-17,23,38H,8-9,12,14,18-20H2,1-6H3. The Morgan fingerprint density at radius 2 is 1.82 bits per heavy atom. The van der Waals surface area contributed by atoms with E-state index in [0.717, 1.165) is 51.8 Å². The number of allylic oxidation sites excluding steroid dienone is 1. The van der Waals surface area contributed by atoms with Crippen LogP contribution < -0.4 is 10.1 Å². The summed E-state index contributed by atoms with van der Waals surface area (Å²) in [4.78, 5) is 27.8. The van der Waals surface area contributed by atoms with Crippen molar-refractivity contribution in [3.8, 4) is 5.75 Å². The number of methoxy groups -OCH3 is 2. The summed E-state index contributed by atoms with van der Waals surface area (Å²) in [7, 11) is 2.97. The number of nitrogens with one attached hydrogen (secondary N) is 1. The van der Waals surface area contributed by atoms with Gasteiger partial charge in [0.1, 0.15) is 11.4 Å². The number of carbonyl (C=O) groups excluding carboxylic acids is 2. The van der Waals surface area contributed by atoms with Crippen molar-refractivity contribution in [2.45, 2.75) is 83.9 Å². The highest BCUT2D eigenvalue weighted by Crippen LogP contribution is 2.58. The Kier molecular flexibility index (Phi) is 7.61. The van der Waals surface area contributed by atoms with E-state index < -0.39 is 29.0 Å². The first-order valence-electron chi connectivity index (χ1n) is 15.5. The van der Waals surface area contributed by atoms with Crippen LogP contribution in [0.25, 0.3) is 16.6 Å². The number of esters is 1. The van der Waals surface area contributed by atoms with Crippen LogP contribution >= 0.6 is 0 Å². The maximum Gasteiger partial charge on any atom is 0.419 e. The van der Waals surface area contributed by atoms with Crippen LogP contribution in [-0.4, -0.2) is 59.9 Å². The Bertz CT molecular complexity index is 1690. The number of anilines is 1. The fraction of sp³-hybridized carbons (Fsp3) is 0.486. The van der Waals surface area contributed by atoms with Crippen molar-refractivity contribution in [1.82, 2.24) is 9.47 Å². The first kappa shape index (κ1) is 30.9. The summed E-state index contributed by atoms with van der Waals surface area (Å²) in [6, 6.07) is 9.51. The van der Waals surface area contributed by atoms with Gasteiger partial charge in [0.15, 0.2) is 0 Å². The predicted molar refractivity (Wildman–Crippen MR) is 169 cm³/mol. The maximum atomic E-state index is 14.3. The van der Waals surface area contributed by atoms with Crippen LogP contribution in [0.2, 0.25) is 0 Å². The number of halogens is 2. The number of fused-ring (bicyclic) bond motifs is 1. The molecule has 45 heavy (non-hydrogen) atoms. The number of aromatic nitrogens is 1. The largest absolute Gasteiger partial charge is 0.496 e. The second-order valence-corrected chi connectivity index (χ2v) is 13.7. The number of hydrogen-bond acceptors (Lipinski definition) is 7. The molecule has 10 heteroatoms. The number of nitrogens with zero attached hydrogens (tertiary/aromatic N) is 2. The lowest BCUT2D eigenvalue weighted by Crippen LogP contribution is -2.49. The smallest absolute Gasteiger partial charge is 0.419 e. The Morgan fingerprint density at radius 1 is 1.09 bits per heavy atom. The van der Waals surface area contributed by atoms with Gasteiger partial charge in [0.05, 0.1) is 25.3 Å². The zero-order chi connectivity index (χ0) is 32.3. The van der Waals surface area contributed by atoms with Crippen LogP contribution in [0.4, 0.5) is 19.3 Å². The molecule has 2 fully saturated rings. The minimum Gasteiger partial charge on any atom is -0.496 e. The van der Waals surface area contributed by atoms with E-state index in [-0.39, 0.29) is 12.8 Å². The highest BCUT2D eigenvalue weighted by atomic mass is 19.3. The number of carbonyl (C=O) groups is 2. The quantitative estimate of drug-likeness (QED) is 0.270. The van der Waals surface area contributed by atoms with E-state index in [1.807, 2.05) is 52.0 Å². The first-order valence-corrected chi connectivity index (χ1v) is 15.5. The molecule has 1 spiro atoms. The third-order valence-corrected chi connectivity index (χ3v) is 8.93. The van der Waals surface area contributed by atoms with Crippen LogP contribution in [-0.2, 0) is 16.0 Å². The maximum absolute atomic E-state index is 14.3. The topological polar surface area (TPSA) is 82.0 Å². The van der Waals surface area contributed by atoms with Crippen molar-refractivity contribution in [3.63, 3.8) is 0 Å². The highest BCUT2D eigenvalue weighted by molar-refractivity contribution is 5.95. The molecule has 0 amide bonds. The van der Waals surface area contributed by atoms with Gasteiger partial charge in [-0.25, -0.2) is 18.4 Å². The van der Waals surface area contributed by atoms with Gasteiger partial charge in [-0.1, -0.05) is 6.08 Å². The third-order valence-electron chi connectivity index (χ3n) is 8.93. The van der Waals surface area contributed by atoms with Crippen molar-refractivity contribution in [3.05, 3.63) is 64.9 Å². The molecule has 1 aromatic heterocycles. The van der Waals surface area contributed by atoms with Crippen LogP contribution in [0.3, 0.4) is 0 Å². The van der Waals surface area contributed by atoms with Crippen molar-refractivity contribution in [2.75, 3.05) is 26.1 Å². The normalized spacial score (nSPS) is 18.8. The minimum absolute atomic E-state index is 0.181. The molecule has 6 rings (SSSR count). The van der Waals surface area contributed by atoms with E-state index in [2.05, 4.69) is 10.2 Å². The number of alkyl halides is 2. The monoisotopic (exact) mass is 621 g/mol. The number of ether oxygens (including phenoxy) is 3. The molecule has 0 saturated heterocycles. The van der Waals surface area contributed by atoms with Gasteiger partial charge < -0.3 is 24.4 Å². The van der Waals surface area contributed by atoms with Crippen LogP contribution in [0.1, 0.15) is 79.9 Å². The van der Waals surface area contributed by atoms with Crippen molar-refractivity contribution in [2.24, 2.45) is 5.41 Å². The van der Waals surface area contributed by atoms with Gasteiger partial charge in [-0.3, -0.25) is 4.57 Å². The Morgan fingerprint density at radius 3 is 2.44 bits per heavy atom. The average molecular weight is 622 g/mol. The summed E-state index contributed by atoms with van der Waals surface area (Å²) in [5.41, 5.74) is 4.09. The molecular formula is C35H41F2N3O5. The van der Waals surface area contributed by atoms with E-state index in [1.165, 1.54) is 11.7 Å². The number of aryl methyl sites for hydroxylation is 1. The summed E-state index contributed by atoms with van der Waals surface area (Å²) in [6.45, 7) is 8.39. The van der Waals surface area contributed by atoms with E-state index >= 15 is 0 Å². The molecule has 1 N–H and O–H groups in total. The minimum atomic E-state index is -2.68. The highest BCUT2D eigenvalue weighted by Gasteiger charge is 2.56. The zero-order valence-electron chi connectivity index (χ0n) is 26.8. The SMILES string of the molecule is COC(=O)c1ccc(C2=CC3(CCN2Cc2c(OC)cc(C)c4c2ccn4C(=O)OC(C)(C)C)CC(F)(F)C3)c(NC2CC2)c1. The Hall–Kier alpha value is -4.08. The van der Waals surface area contributed by atoms with Gasteiger partial charge >= 0.3 is 12.1 Å². The average Bonchev–Trinajstić information content (AvgIpc) is 3.65. The third kappa shape index (κ3) is 6.11. The summed E-state index contributed by atoms with van der Waals surface area (Å²) >= 11 is 0. The van der Waals surface area contributed by atoms with Gasteiger partial charge in [-0.05, 0) is 82.9 Å². The fourth-order valence-electron chi connectivity index (χ4n) is 6.74. The molecule has 2 heterocycles. The summed E-state index contributed by atoms with van der Waals surface area (Å²) < 4.78 is 46.7. The molecule has 3 aliphatic rings. The predicted octanol–water partition coefficient (Wildman–Crippen LogP) is 7.76. The number of rotatable bonds is 7. The molecule has 0 bridgehead atoms. The lowest BCUT2D eigenvalue weighted by Gasteiger charge is -2.50. The van der Waals surface area contributed by atoms with Crippen molar-refractivity contribution in [1.29, 1.82) is 0 Å². The van der Waals surface area contributed by atoms with Crippen LogP contribution in [0, 0.1) is 12.3 Å². The second-order valence-electron chi connectivity index (χ2n) is 13.7. The molecule has 0 unspecified atom stereocenters. The van der Waals surface area contributed by atoms with Crippen LogP contribution in [0.15, 0.2) is 42.6 Å². The molecule has 8 nitrogen and oxygen atoms in total. The molecule has 240 valence electrons. The summed E-state index contributed by atoms with van der Waals surface area (Å²) in [5, 5.41) is 4.41. The summed E-state index contributed by atoms with van der Waals surface area (Å²) in [5.74, 6) is -2.44. The molecule has 2 aromatic carbocycles. The van der Waals surface area contributed by atoms with Crippen LogP contribution in [0.5, 0.6) is 5.75 Å². The number of benzene rings is 2. The lowest BCUT2D eigenvalue weighted by atomic mass is 9.62. The molecule has 0 atom stereocenters. The van der Waals surface area contributed by atoms with Gasteiger partial charge in [0, 0.05) is 71.5 Å². The number of hydrogen-bond donors (Lipinski definition) is 1. The fourth-order valence-corrected chi connectivity index (χ4v) is 6.74. The van der Waals surface area contributed by atoms with Gasteiger partial charge in [-0.2, -0.15) is 0 Å². The molecular weight excluding hydrogens is 580 g/mol. The Balaban J connectivity index is 1.45. The van der Waals surface area contributed by atoms with E-state index in [0.29, 0.717) is 36.9 Å². The lowest BCUT2D eigenvalue weighted by molar-refractivity contribution is -0.146. The molecule has 2 aliphatic carbocycles. The van der Waals surface area contributed by atoms with Gasteiger partial charge in [0.2, 0.25) is 5.92 Å².